The van der Waals surface area contributed by atoms with E-state index in [9.17, 15) is 0 Å². The molecule has 1 atom stereocenters. The van der Waals surface area contributed by atoms with Gasteiger partial charge in [-0.05, 0) is 56.4 Å². The van der Waals surface area contributed by atoms with Crippen LogP contribution in [0.15, 0.2) is 36.4 Å². The summed E-state index contributed by atoms with van der Waals surface area (Å²) in [6.07, 6.45) is 3.82. The molecule has 17 heavy (non-hydrogen) atoms. The lowest BCUT2D eigenvalue weighted by Gasteiger charge is -2.29. The predicted octanol–water partition coefficient (Wildman–Crippen LogP) is 4.03. The monoisotopic (exact) mass is 225 g/mol. The lowest BCUT2D eigenvalue weighted by Crippen LogP contribution is -2.19. The highest BCUT2D eigenvalue weighted by molar-refractivity contribution is 5.34. The molecule has 88 valence electrons. The molecule has 1 aliphatic carbocycles. The normalized spacial score (nSPS) is 19.1. The Bertz CT molecular complexity index is 517. The number of aromatic nitrogens is 1. The number of rotatable bonds is 1. The number of fused-ring (bicyclic) bond motifs is 1. The molecule has 1 nitrogen and oxygen atoms in total. The summed E-state index contributed by atoms with van der Waals surface area (Å²) in [4.78, 5) is 0. The molecule has 1 heteroatoms. The lowest BCUT2D eigenvalue weighted by atomic mass is 9.87. The topological polar surface area (TPSA) is 4.93 Å². The molecule has 0 fully saturated rings. The smallest absolute Gasteiger partial charge is 0.0587 e. The minimum absolute atomic E-state index is 0.551. The Morgan fingerprint density at radius 2 is 1.71 bits per heavy atom. The van der Waals surface area contributed by atoms with Crippen LogP contribution in [0.2, 0.25) is 0 Å². The maximum atomic E-state index is 2.50. The van der Waals surface area contributed by atoms with Gasteiger partial charge < -0.3 is 4.57 Å². The summed E-state index contributed by atoms with van der Waals surface area (Å²) in [7, 11) is 0. The summed E-state index contributed by atoms with van der Waals surface area (Å²) < 4.78 is 2.50. The van der Waals surface area contributed by atoms with Gasteiger partial charge in [0.05, 0.1) is 6.04 Å². The van der Waals surface area contributed by atoms with Crippen molar-refractivity contribution in [3.63, 3.8) is 0 Å². The summed E-state index contributed by atoms with van der Waals surface area (Å²) >= 11 is 0. The molecule has 1 heterocycles. The van der Waals surface area contributed by atoms with E-state index in [1.54, 1.807) is 0 Å². The van der Waals surface area contributed by atoms with Crippen molar-refractivity contribution >= 4 is 0 Å². The number of hydrogen-bond donors (Lipinski definition) is 0. The van der Waals surface area contributed by atoms with Gasteiger partial charge in [-0.3, -0.25) is 0 Å². The number of hydrogen-bond acceptors (Lipinski definition) is 0. The van der Waals surface area contributed by atoms with Gasteiger partial charge in [0.1, 0.15) is 0 Å². The molecule has 0 unspecified atom stereocenters. The van der Waals surface area contributed by atoms with E-state index in [0.717, 1.165) is 0 Å². The molecule has 1 aromatic heterocycles. The van der Waals surface area contributed by atoms with E-state index in [1.807, 2.05) is 0 Å². The van der Waals surface area contributed by atoms with Crippen LogP contribution in [0.3, 0.4) is 0 Å². The molecule has 0 saturated heterocycles. The number of aryl methyl sites for hydroxylation is 3. The van der Waals surface area contributed by atoms with E-state index >= 15 is 0 Å². The fourth-order valence-corrected chi connectivity index (χ4v) is 3.17. The van der Waals surface area contributed by atoms with Crippen molar-refractivity contribution in [3.8, 4) is 0 Å². The minimum Gasteiger partial charge on any atom is -0.342 e. The van der Waals surface area contributed by atoms with Gasteiger partial charge in [-0.1, -0.05) is 24.3 Å². The average molecular weight is 225 g/mol. The van der Waals surface area contributed by atoms with Crippen molar-refractivity contribution in [2.24, 2.45) is 0 Å². The molecule has 0 bridgehead atoms. The quantitative estimate of drug-likeness (QED) is 0.690. The molecule has 1 aromatic carbocycles. The van der Waals surface area contributed by atoms with Crippen LogP contribution in [-0.4, -0.2) is 4.57 Å². The highest BCUT2D eigenvalue weighted by atomic mass is 15.0. The number of benzene rings is 1. The van der Waals surface area contributed by atoms with Gasteiger partial charge in [0.15, 0.2) is 0 Å². The SMILES string of the molecule is Cc1ccc(C)n1[C@H]1CCCc2ccccc21. The second-order valence-electron chi connectivity index (χ2n) is 5.09. The molecular formula is C16H19N. The first-order valence-corrected chi connectivity index (χ1v) is 6.49. The Labute approximate surface area is 103 Å². The van der Waals surface area contributed by atoms with Crippen LogP contribution in [0.5, 0.6) is 0 Å². The van der Waals surface area contributed by atoms with Crippen molar-refractivity contribution in [1.29, 1.82) is 0 Å². The fraction of sp³-hybridized carbons (Fsp3) is 0.375. The third-order valence-corrected chi connectivity index (χ3v) is 3.98. The van der Waals surface area contributed by atoms with Gasteiger partial charge in [-0.15, -0.1) is 0 Å². The Kier molecular flexibility index (Phi) is 2.54. The second kappa shape index (κ2) is 4.06. The van der Waals surface area contributed by atoms with Crippen LogP contribution < -0.4 is 0 Å². The van der Waals surface area contributed by atoms with Crippen molar-refractivity contribution in [1.82, 2.24) is 4.57 Å². The van der Waals surface area contributed by atoms with Gasteiger partial charge in [0, 0.05) is 11.4 Å². The highest BCUT2D eigenvalue weighted by Crippen LogP contribution is 2.34. The Balaban J connectivity index is 2.12. The maximum absolute atomic E-state index is 2.50. The van der Waals surface area contributed by atoms with Crippen molar-refractivity contribution in [2.75, 3.05) is 0 Å². The summed E-state index contributed by atoms with van der Waals surface area (Å²) in [5, 5.41) is 0. The van der Waals surface area contributed by atoms with Gasteiger partial charge in [-0.25, -0.2) is 0 Å². The largest absolute Gasteiger partial charge is 0.342 e. The van der Waals surface area contributed by atoms with Crippen molar-refractivity contribution in [2.45, 2.75) is 39.2 Å². The van der Waals surface area contributed by atoms with E-state index in [0.29, 0.717) is 6.04 Å². The van der Waals surface area contributed by atoms with Gasteiger partial charge >= 0.3 is 0 Å². The van der Waals surface area contributed by atoms with E-state index in [2.05, 4.69) is 54.8 Å². The standard InChI is InChI=1S/C16H19N/c1-12-10-11-13(2)17(12)16-9-5-7-14-6-3-4-8-15(14)16/h3-4,6,8,10-11,16H,5,7,9H2,1-2H3/t16-/m0/s1. The zero-order valence-electron chi connectivity index (χ0n) is 10.6. The van der Waals surface area contributed by atoms with E-state index in [4.69, 9.17) is 0 Å². The second-order valence-corrected chi connectivity index (χ2v) is 5.09. The molecule has 0 radical (unpaired) electrons. The van der Waals surface area contributed by atoms with Gasteiger partial charge in [-0.2, -0.15) is 0 Å². The molecule has 0 N–H and O–H groups in total. The van der Waals surface area contributed by atoms with E-state index in [-0.39, 0.29) is 0 Å². The fourth-order valence-electron chi connectivity index (χ4n) is 3.17. The first-order chi connectivity index (χ1) is 8.27. The summed E-state index contributed by atoms with van der Waals surface area (Å²) in [6, 6.07) is 13.9. The molecule has 2 aromatic rings. The average Bonchev–Trinajstić information content (AvgIpc) is 2.69. The van der Waals surface area contributed by atoms with Crippen molar-refractivity contribution < 1.29 is 0 Å². The van der Waals surface area contributed by atoms with Gasteiger partial charge in [0.25, 0.3) is 0 Å². The highest BCUT2D eigenvalue weighted by Gasteiger charge is 2.22. The summed E-state index contributed by atoms with van der Waals surface area (Å²) in [6.45, 7) is 4.43. The maximum Gasteiger partial charge on any atom is 0.0587 e. The lowest BCUT2D eigenvalue weighted by molar-refractivity contribution is 0.476. The molecule has 0 spiro atoms. The Morgan fingerprint density at radius 3 is 2.47 bits per heavy atom. The van der Waals surface area contributed by atoms with E-state index in [1.165, 1.54) is 41.8 Å². The van der Waals surface area contributed by atoms with Crippen LogP contribution in [0.4, 0.5) is 0 Å². The molecule has 1 aliphatic rings. The molecule has 3 rings (SSSR count). The summed E-state index contributed by atoms with van der Waals surface area (Å²) in [5.74, 6) is 0. The zero-order valence-corrected chi connectivity index (χ0v) is 10.6. The van der Waals surface area contributed by atoms with Crippen molar-refractivity contribution in [3.05, 3.63) is 58.9 Å². The number of nitrogens with zero attached hydrogens (tertiary/aromatic N) is 1. The Hall–Kier alpha value is -1.50. The molecule has 0 saturated carbocycles. The zero-order chi connectivity index (χ0) is 11.8. The van der Waals surface area contributed by atoms with Crippen LogP contribution >= 0.6 is 0 Å². The van der Waals surface area contributed by atoms with Gasteiger partial charge in [0.2, 0.25) is 0 Å². The van der Waals surface area contributed by atoms with Crippen LogP contribution in [0.1, 0.15) is 41.4 Å². The molecular weight excluding hydrogens is 206 g/mol. The van der Waals surface area contributed by atoms with Crippen LogP contribution in [-0.2, 0) is 6.42 Å². The summed E-state index contributed by atoms with van der Waals surface area (Å²) in [5.41, 5.74) is 5.82. The predicted molar refractivity (Wildman–Crippen MR) is 71.4 cm³/mol. The third kappa shape index (κ3) is 1.70. The minimum atomic E-state index is 0.551. The first kappa shape index (κ1) is 10.6. The third-order valence-electron chi connectivity index (χ3n) is 3.98. The Morgan fingerprint density at radius 1 is 1.00 bits per heavy atom. The molecule has 0 amide bonds. The first-order valence-electron chi connectivity index (χ1n) is 6.49. The van der Waals surface area contributed by atoms with E-state index < -0.39 is 0 Å². The van der Waals surface area contributed by atoms with Crippen LogP contribution in [0, 0.1) is 13.8 Å². The molecule has 0 aliphatic heterocycles. The van der Waals surface area contributed by atoms with Crippen LogP contribution in [0.25, 0.3) is 0 Å².